The fourth-order valence-corrected chi connectivity index (χ4v) is 1.93. The van der Waals surface area contributed by atoms with Crippen molar-refractivity contribution in [1.82, 2.24) is 9.97 Å². The highest BCUT2D eigenvalue weighted by Crippen LogP contribution is 2.18. The molecule has 0 spiro atoms. The van der Waals surface area contributed by atoms with Crippen molar-refractivity contribution >= 4 is 18.0 Å². The number of hydrogen-bond donors (Lipinski definition) is 0. The number of aromatic nitrogens is 2. The van der Waals surface area contributed by atoms with Crippen LogP contribution in [0.15, 0.2) is 54.9 Å². The maximum Gasteiger partial charge on any atom is 0.333 e. The largest absolute Gasteiger partial charge is 0.487 e. The third kappa shape index (κ3) is 6.39. The number of carbonyl (C=O) groups is 2. The third-order valence-corrected chi connectivity index (χ3v) is 3.34. The van der Waals surface area contributed by atoms with Gasteiger partial charge in [0.2, 0.25) is 0 Å². The van der Waals surface area contributed by atoms with E-state index in [1.807, 2.05) is 24.3 Å². The SMILES string of the molecule is C=C(C)C(=O)OCCOc1cnc(-c2ccc(/C=C/C(=O)OC)cc2)nc1. The van der Waals surface area contributed by atoms with Crippen molar-refractivity contribution in [2.75, 3.05) is 20.3 Å². The van der Waals surface area contributed by atoms with E-state index in [0.717, 1.165) is 11.1 Å². The average Bonchev–Trinajstić information content (AvgIpc) is 2.70. The summed E-state index contributed by atoms with van der Waals surface area (Å²) in [6, 6.07) is 7.39. The third-order valence-electron chi connectivity index (χ3n) is 3.34. The number of nitrogens with zero attached hydrogens (tertiary/aromatic N) is 2. The van der Waals surface area contributed by atoms with Crippen LogP contribution >= 0.6 is 0 Å². The Morgan fingerprint density at radius 2 is 1.78 bits per heavy atom. The highest BCUT2D eigenvalue weighted by molar-refractivity contribution is 5.87. The summed E-state index contributed by atoms with van der Waals surface area (Å²) in [5.41, 5.74) is 2.02. The summed E-state index contributed by atoms with van der Waals surface area (Å²) in [4.78, 5) is 30.8. The summed E-state index contributed by atoms with van der Waals surface area (Å²) < 4.78 is 14.9. The van der Waals surface area contributed by atoms with E-state index >= 15 is 0 Å². The summed E-state index contributed by atoms with van der Waals surface area (Å²) >= 11 is 0. The zero-order valence-corrected chi connectivity index (χ0v) is 15.2. The molecule has 0 bridgehead atoms. The van der Waals surface area contributed by atoms with E-state index in [9.17, 15) is 9.59 Å². The van der Waals surface area contributed by atoms with Crippen molar-refractivity contribution in [3.63, 3.8) is 0 Å². The van der Waals surface area contributed by atoms with Crippen LogP contribution in [0, 0.1) is 0 Å². The van der Waals surface area contributed by atoms with Crippen LogP contribution in [0.1, 0.15) is 12.5 Å². The van der Waals surface area contributed by atoms with Crippen LogP contribution in [0.5, 0.6) is 5.75 Å². The van der Waals surface area contributed by atoms with Gasteiger partial charge in [0.15, 0.2) is 11.6 Å². The number of methoxy groups -OCH3 is 1. The molecule has 2 rings (SSSR count). The van der Waals surface area contributed by atoms with Crippen LogP contribution in [0.4, 0.5) is 0 Å². The minimum absolute atomic E-state index is 0.119. The molecule has 1 aromatic heterocycles. The fourth-order valence-electron chi connectivity index (χ4n) is 1.93. The Morgan fingerprint density at radius 1 is 1.11 bits per heavy atom. The van der Waals surface area contributed by atoms with E-state index in [0.29, 0.717) is 17.1 Å². The van der Waals surface area contributed by atoms with Crippen molar-refractivity contribution in [3.8, 4) is 17.1 Å². The molecule has 0 radical (unpaired) electrons. The van der Waals surface area contributed by atoms with Gasteiger partial charge in [-0.1, -0.05) is 30.8 Å². The Hall–Kier alpha value is -3.48. The second kappa shape index (κ2) is 9.86. The Kier molecular flexibility index (Phi) is 7.25. The molecule has 7 nitrogen and oxygen atoms in total. The van der Waals surface area contributed by atoms with Crippen LogP contribution in [-0.2, 0) is 19.1 Å². The predicted octanol–water partition coefficient (Wildman–Crippen LogP) is 2.83. The molecular formula is C20H20N2O5. The van der Waals surface area contributed by atoms with Gasteiger partial charge in [0.25, 0.3) is 0 Å². The first kappa shape index (κ1) is 19.8. The van der Waals surface area contributed by atoms with Gasteiger partial charge in [-0.2, -0.15) is 0 Å². The highest BCUT2D eigenvalue weighted by atomic mass is 16.6. The minimum atomic E-state index is -0.449. The number of esters is 2. The van der Waals surface area contributed by atoms with Crippen LogP contribution in [0.3, 0.4) is 0 Å². The number of hydrogen-bond acceptors (Lipinski definition) is 7. The van der Waals surface area contributed by atoms with E-state index in [1.54, 1.807) is 25.4 Å². The molecule has 0 fully saturated rings. The van der Waals surface area contributed by atoms with Crippen LogP contribution in [-0.4, -0.2) is 42.2 Å². The molecule has 0 N–H and O–H groups in total. The molecule has 0 saturated heterocycles. The van der Waals surface area contributed by atoms with E-state index in [-0.39, 0.29) is 13.2 Å². The monoisotopic (exact) mass is 368 g/mol. The average molecular weight is 368 g/mol. The molecular weight excluding hydrogens is 348 g/mol. The van der Waals surface area contributed by atoms with Gasteiger partial charge in [-0.3, -0.25) is 0 Å². The van der Waals surface area contributed by atoms with Gasteiger partial charge in [0, 0.05) is 17.2 Å². The normalized spacial score (nSPS) is 10.4. The van der Waals surface area contributed by atoms with Gasteiger partial charge in [-0.05, 0) is 18.6 Å². The zero-order chi connectivity index (χ0) is 19.6. The van der Waals surface area contributed by atoms with Gasteiger partial charge >= 0.3 is 11.9 Å². The maximum atomic E-state index is 11.2. The molecule has 0 unspecified atom stereocenters. The fraction of sp³-hybridized carbons (Fsp3) is 0.200. The highest BCUT2D eigenvalue weighted by Gasteiger charge is 2.04. The van der Waals surface area contributed by atoms with E-state index in [1.165, 1.54) is 13.2 Å². The Labute approximate surface area is 157 Å². The molecule has 0 amide bonds. The standard InChI is InChI=1S/C20H20N2O5/c1-14(2)20(24)27-11-10-26-17-12-21-19(22-13-17)16-7-4-15(5-8-16)6-9-18(23)25-3/h4-9,12-13H,1,10-11H2,2-3H3/b9-6+. The molecule has 0 aliphatic carbocycles. The van der Waals surface area contributed by atoms with Crippen molar-refractivity contribution < 1.29 is 23.8 Å². The molecule has 0 aliphatic heterocycles. The second-order valence-corrected chi connectivity index (χ2v) is 5.49. The molecule has 0 atom stereocenters. The first-order valence-electron chi connectivity index (χ1n) is 8.13. The van der Waals surface area contributed by atoms with Gasteiger partial charge in [-0.15, -0.1) is 0 Å². The number of carbonyl (C=O) groups excluding carboxylic acids is 2. The lowest BCUT2D eigenvalue weighted by Gasteiger charge is -2.07. The quantitative estimate of drug-likeness (QED) is 0.402. The first-order chi connectivity index (χ1) is 13.0. The first-order valence-corrected chi connectivity index (χ1v) is 8.13. The molecule has 2 aromatic rings. The molecule has 0 aliphatic rings. The zero-order valence-electron chi connectivity index (χ0n) is 15.2. The Balaban J connectivity index is 1.89. The molecule has 1 heterocycles. The number of rotatable bonds is 8. The topological polar surface area (TPSA) is 87.6 Å². The van der Waals surface area contributed by atoms with Gasteiger partial charge < -0.3 is 14.2 Å². The van der Waals surface area contributed by atoms with Crippen molar-refractivity contribution in [2.24, 2.45) is 0 Å². The smallest absolute Gasteiger partial charge is 0.333 e. The van der Waals surface area contributed by atoms with Crippen molar-refractivity contribution in [2.45, 2.75) is 6.92 Å². The van der Waals surface area contributed by atoms with E-state index in [4.69, 9.17) is 9.47 Å². The lowest BCUT2D eigenvalue weighted by molar-refractivity contribution is -0.139. The Morgan fingerprint density at radius 3 is 2.37 bits per heavy atom. The summed E-state index contributed by atoms with van der Waals surface area (Å²) in [5, 5.41) is 0. The maximum absolute atomic E-state index is 11.2. The Bertz CT molecular complexity index is 826. The second-order valence-electron chi connectivity index (χ2n) is 5.49. The van der Waals surface area contributed by atoms with Crippen LogP contribution in [0.2, 0.25) is 0 Å². The predicted molar refractivity (Wildman–Crippen MR) is 99.8 cm³/mol. The van der Waals surface area contributed by atoms with E-state index < -0.39 is 11.9 Å². The lowest BCUT2D eigenvalue weighted by Crippen LogP contribution is -2.12. The molecule has 7 heteroatoms. The summed E-state index contributed by atoms with van der Waals surface area (Å²) in [7, 11) is 1.33. The summed E-state index contributed by atoms with van der Waals surface area (Å²) in [6.07, 6.45) is 6.11. The number of benzene rings is 1. The molecule has 27 heavy (non-hydrogen) atoms. The van der Waals surface area contributed by atoms with E-state index in [2.05, 4.69) is 21.3 Å². The minimum Gasteiger partial charge on any atom is -0.487 e. The van der Waals surface area contributed by atoms with Crippen molar-refractivity contribution in [1.29, 1.82) is 0 Å². The molecule has 0 saturated carbocycles. The van der Waals surface area contributed by atoms with Crippen LogP contribution in [0.25, 0.3) is 17.5 Å². The van der Waals surface area contributed by atoms with Gasteiger partial charge in [-0.25, -0.2) is 19.6 Å². The van der Waals surface area contributed by atoms with Crippen LogP contribution < -0.4 is 4.74 Å². The summed E-state index contributed by atoms with van der Waals surface area (Å²) in [6.45, 7) is 5.40. The van der Waals surface area contributed by atoms with Gasteiger partial charge in [0.05, 0.1) is 19.5 Å². The number of ether oxygens (including phenoxy) is 3. The molecule has 140 valence electrons. The van der Waals surface area contributed by atoms with Gasteiger partial charge in [0.1, 0.15) is 13.2 Å². The lowest BCUT2D eigenvalue weighted by atomic mass is 10.1. The van der Waals surface area contributed by atoms with Crippen molar-refractivity contribution in [3.05, 3.63) is 60.5 Å². The molecule has 1 aromatic carbocycles. The summed E-state index contributed by atoms with van der Waals surface area (Å²) in [5.74, 6) is 0.157.